The lowest BCUT2D eigenvalue weighted by atomic mass is 10.1. The van der Waals surface area contributed by atoms with Crippen molar-refractivity contribution in [1.82, 2.24) is 8.61 Å². The zero-order valence-corrected chi connectivity index (χ0v) is 15.0. The van der Waals surface area contributed by atoms with Gasteiger partial charge in [-0.05, 0) is 31.9 Å². The summed E-state index contributed by atoms with van der Waals surface area (Å²) in [5.74, 6) is 0. The Hall–Kier alpha value is -0.960. The number of nitrogens with zero attached hydrogens (tertiary/aromatic N) is 2. The van der Waals surface area contributed by atoms with Crippen LogP contribution in [0.3, 0.4) is 0 Å². The summed E-state index contributed by atoms with van der Waals surface area (Å²) in [6.45, 7) is 6.27. The summed E-state index contributed by atoms with van der Waals surface area (Å²) >= 11 is 0. The van der Waals surface area contributed by atoms with Crippen molar-refractivity contribution in [3.05, 3.63) is 28.8 Å². The van der Waals surface area contributed by atoms with E-state index in [1.165, 1.54) is 8.61 Å². The molecule has 1 aliphatic rings. The molecule has 2 rings (SSSR count). The summed E-state index contributed by atoms with van der Waals surface area (Å²) in [6.07, 6.45) is 1.14. The predicted octanol–water partition coefficient (Wildman–Crippen LogP) is 0.878. The highest BCUT2D eigenvalue weighted by Gasteiger charge is 2.33. The van der Waals surface area contributed by atoms with Crippen LogP contribution in [0, 0.1) is 20.8 Å². The maximum Gasteiger partial charge on any atom is 0.243 e. The highest BCUT2D eigenvalue weighted by Crippen LogP contribution is 2.26. The zero-order valence-electron chi connectivity index (χ0n) is 13.3. The van der Waals surface area contributed by atoms with Gasteiger partial charge < -0.3 is 0 Å². The first kappa shape index (κ1) is 17.4. The summed E-state index contributed by atoms with van der Waals surface area (Å²) in [7, 11) is -6.87. The van der Waals surface area contributed by atoms with E-state index in [1.54, 1.807) is 13.8 Å². The molecule has 0 aliphatic carbocycles. The maximum absolute atomic E-state index is 12.9. The van der Waals surface area contributed by atoms with Crippen LogP contribution in [0.4, 0.5) is 0 Å². The first-order valence-corrected chi connectivity index (χ1v) is 10.4. The molecule has 1 aliphatic heterocycles. The number of hydrogen-bond donors (Lipinski definition) is 0. The number of aryl methyl sites for hydroxylation is 3. The van der Waals surface area contributed by atoms with Crippen LogP contribution < -0.4 is 0 Å². The predicted molar refractivity (Wildman–Crippen MR) is 85.8 cm³/mol. The number of rotatable bonds is 3. The normalized spacial score (nSPS) is 18.5. The average molecular weight is 346 g/mol. The molecule has 124 valence electrons. The Morgan fingerprint density at radius 3 is 1.64 bits per heavy atom. The summed E-state index contributed by atoms with van der Waals surface area (Å²) in [5, 5.41) is 0. The topological polar surface area (TPSA) is 74.8 Å². The standard InChI is InChI=1S/C14H22N2O4S2/c1-11-9-12(2)14(13(3)10-11)22(19,20)16-7-5-15(6-8-16)21(4,17)18/h9-10H,5-8H2,1-4H3. The molecule has 0 bridgehead atoms. The third kappa shape index (κ3) is 3.34. The van der Waals surface area contributed by atoms with Crippen LogP contribution >= 0.6 is 0 Å². The van der Waals surface area contributed by atoms with Gasteiger partial charge in [0.1, 0.15) is 0 Å². The molecule has 1 fully saturated rings. The van der Waals surface area contributed by atoms with Gasteiger partial charge in [0.2, 0.25) is 20.0 Å². The second kappa shape index (κ2) is 5.92. The third-order valence-electron chi connectivity index (χ3n) is 3.87. The molecule has 1 saturated heterocycles. The van der Waals surface area contributed by atoms with Gasteiger partial charge in [0.25, 0.3) is 0 Å². The first-order chi connectivity index (χ1) is 10.0. The van der Waals surface area contributed by atoms with Crippen molar-refractivity contribution >= 4 is 20.0 Å². The fourth-order valence-corrected chi connectivity index (χ4v) is 5.60. The molecular formula is C14H22N2O4S2. The van der Waals surface area contributed by atoms with Crippen molar-refractivity contribution in [2.75, 3.05) is 32.4 Å². The Kier molecular flexibility index (Phi) is 4.68. The van der Waals surface area contributed by atoms with E-state index < -0.39 is 20.0 Å². The van der Waals surface area contributed by atoms with E-state index in [4.69, 9.17) is 0 Å². The maximum atomic E-state index is 12.9. The molecule has 6 nitrogen and oxygen atoms in total. The largest absolute Gasteiger partial charge is 0.243 e. The summed E-state index contributed by atoms with van der Waals surface area (Å²) in [6, 6.07) is 3.71. The molecule has 0 saturated carbocycles. The van der Waals surface area contributed by atoms with Gasteiger partial charge in [-0.1, -0.05) is 17.7 Å². The minimum atomic E-state index is -3.60. The smallest absolute Gasteiger partial charge is 0.213 e. The number of hydrogen-bond acceptors (Lipinski definition) is 4. The minimum Gasteiger partial charge on any atom is -0.213 e. The second-order valence-electron chi connectivity index (χ2n) is 5.79. The lowest BCUT2D eigenvalue weighted by Crippen LogP contribution is -2.50. The number of benzene rings is 1. The van der Waals surface area contributed by atoms with Gasteiger partial charge >= 0.3 is 0 Å². The Morgan fingerprint density at radius 2 is 1.23 bits per heavy atom. The van der Waals surface area contributed by atoms with Crippen molar-refractivity contribution in [2.45, 2.75) is 25.7 Å². The number of piperazine rings is 1. The number of sulfonamides is 2. The fraction of sp³-hybridized carbons (Fsp3) is 0.571. The van der Waals surface area contributed by atoms with Crippen LogP contribution in [0.2, 0.25) is 0 Å². The summed E-state index contributed by atoms with van der Waals surface area (Å²) in [4.78, 5) is 0.339. The molecule has 1 heterocycles. The van der Waals surface area contributed by atoms with Gasteiger partial charge in [0.15, 0.2) is 0 Å². The lowest BCUT2D eigenvalue weighted by molar-refractivity contribution is 0.274. The van der Waals surface area contributed by atoms with Crippen molar-refractivity contribution in [2.24, 2.45) is 0 Å². The van der Waals surface area contributed by atoms with Crippen LogP contribution in [0.1, 0.15) is 16.7 Å². The van der Waals surface area contributed by atoms with Gasteiger partial charge in [-0.25, -0.2) is 16.8 Å². The Labute approximate surface area is 132 Å². The van der Waals surface area contributed by atoms with Crippen LogP contribution in [-0.2, 0) is 20.0 Å². The SMILES string of the molecule is Cc1cc(C)c(S(=O)(=O)N2CCN(S(C)(=O)=O)CC2)c(C)c1. The van der Waals surface area contributed by atoms with E-state index in [0.717, 1.165) is 22.9 Å². The molecule has 1 aromatic carbocycles. The monoisotopic (exact) mass is 346 g/mol. The van der Waals surface area contributed by atoms with Gasteiger partial charge in [-0.2, -0.15) is 8.61 Å². The molecule has 0 atom stereocenters. The summed E-state index contributed by atoms with van der Waals surface area (Å²) < 4.78 is 51.4. The molecule has 8 heteroatoms. The summed E-state index contributed by atoms with van der Waals surface area (Å²) in [5.41, 5.74) is 2.47. The van der Waals surface area contributed by atoms with Crippen LogP contribution in [0.5, 0.6) is 0 Å². The molecule has 1 aromatic rings. The molecule has 0 unspecified atom stereocenters. The van der Waals surface area contributed by atoms with E-state index in [0.29, 0.717) is 4.90 Å². The molecule has 0 radical (unpaired) electrons. The molecule has 0 N–H and O–H groups in total. The van der Waals surface area contributed by atoms with E-state index >= 15 is 0 Å². The van der Waals surface area contributed by atoms with Crippen molar-refractivity contribution < 1.29 is 16.8 Å². The Balaban J connectivity index is 2.30. The lowest BCUT2D eigenvalue weighted by Gasteiger charge is -2.33. The van der Waals surface area contributed by atoms with Crippen molar-refractivity contribution in [3.8, 4) is 0 Å². The molecule has 0 amide bonds. The highest BCUT2D eigenvalue weighted by atomic mass is 32.2. The molecule has 0 aromatic heterocycles. The van der Waals surface area contributed by atoms with E-state index in [9.17, 15) is 16.8 Å². The van der Waals surface area contributed by atoms with E-state index in [1.807, 2.05) is 19.1 Å². The average Bonchev–Trinajstić information content (AvgIpc) is 2.36. The first-order valence-electron chi connectivity index (χ1n) is 7.06. The third-order valence-corrected chi connectivity index (χ3v) is 7.38. The van der Waals surface area contributed by atoms with Gasteiger partial charge in [0.05, 0.1) is 11.2 Å². The quantitative estimate of drug-likeness (QED) is 0.814. The second-order valence-corrected chi connectivity index (χ2v) is 9.65. The Morgan fingerprint density at radius 1 is 0.818 bits per heavy atom. The zero-order chi connectivity index (χ0) is 16.7. The van der Waals surface area contributed by atoms with Gasteiger partial charge in [-0.3, -0.25) is 0 Å². The van der Waals surface area contributed by atoms with Crippen molar-refractivity contribution in [3.63, 3.8) is 0 Å². The van der Waals surface area contributed by atoms with Gasteiger partial charge in [0, 0.05) is 26.2 Å². The Bertz CT molecular complexity index is 754. The fourth-order valence-electron chi connectivity index (χ4n) is 2.94. The molecular weight excluding hydrogens is 324 g/mol. The van der Waals surface area contributed by atoms with Crippen LogP contribution in [-0.4, -0.2) is 57.9 Å². The molecule has 22 heavy (non-hydrogen) atoms. The van der Waals surface area contributed by atoms with Crippen LogP contribution in [0.15, 0.2) is 17.0 Å². The van der Waals surface area contributed by atoms with Crippen LogP contribution in [0.25, 0.3) is 0 Å². The minimum absolute atomic E-state index is 0.183. The molecule has 0 spiro atoms. The van der Waals surface area contributed by atoms with Crippen molar-refractivity contribution in [1.29, 1.82) is 0 Å². The van der Waals surface area contributed by atoms with E-state index in [2.05, 4.69) is 0 Å². The van der Waals surface area contributed by atoms with Gasteiger partial charge in [-0.15, -0.1) is 0 Å². The van der Waals surface area contributed by atoms with E-state index in [-0.39, 0.29) is 26.2 Å². The highest BCUT2D eigenvalue weighted by molar-refractivity contribution is 7.89.